The standard InChI is InChI=1S/C41H24N2O.C41H24N2S.C33H20N4O/c2*1-2-11-29-27(9-1)28-10-3-4-12-30(28)35-23-25(17-18-31(29)35)26-21-22-42-39(24-26)43-36-15-7-5-14-34(36)40-37(43)20-19-33-32-13-6-8-16-38(32)44-41(33)40;1-3-11-21(12-4-1)31-34-32(22-13-5-2-6-14-22)36-33(35-31)37-26-17-9-7-16-25(26)29-27(37)20-19-24-23-15-8-10-18-28(23)38-30(24)29/h2*1-24H;1-20H. The van der Waals surface area contributed by atoms with E-state index in [1.54, 1.807) is 0 Å². The van der Waals surface area contributed by atoms with Gasteiger partial charge in [-0.2, -0.15) is 9.97 Å². The molecular formula is C115H68N8O2S. The fourth-order valence-electron chi connectivity index (χ4n) is 19.9. The van der Waals surface area contributed by atoms with Gasteiger partial charge in [0.05, 0.1) is 43.9 Å². The Morgan fingerprint density at radius 2 is 0.532 bits per heavy atom. The summed E-state index contributed by atoms with van der Waals surface area (Å²) in [7, 11) is 0. The minimum atomic E-state index is 0.569. The number of furan rings is 2. The summed E-state index contributed by atoms with van der Waals surface area (Å²) >= 11 is 1.88. The molecule has 0 atom stereocenters. The number of fused-ring (bicyclic) bond motifs is 33. The summed E-state index contributed by atoms with van der Waals surface area (Å²) in [6, 6.07) is 142. The SMILES string of the molecule is c1ccc(-c2nc(-c3ccccc3)nc(-n3c4ccccc4c4c5oc6ccccc6c5ccc43)n2)cc1.c1ccc2c(c1)oc1c2ccc2c1c1ccccc1n2-c1cc(-c2ccc3c4ccccc4c4ccccc4c3c2)ccn1.c1ccc2c(c1)sc1c2ccc2c1c1ccccc1n2-c1cc(-c2ccc3c4ccccc4c4ccccc4c3c2)ccn1. The van der Waals surface area contributed by atoms with Crippen molar-refractivity contribution in [1.82, 2.24) is 38.6 Å². The van der Waals surface area contributed by atoms with Crippen LogP contribution in [0.25, 0.3) is 257 Å². The van der Waals surface area contributed by atoms with Gasteiger partial charge in [0.25, 0.3) is 0 Å². The summed E-state index contributed by atoms with van der Waals surface area (Å²) in [6.07, 6.45) is 3.87. The normalized spacial score (nSPS) is 12.0. The van der Waals surface area contributed by atoms with Gasteiger partial charge in [-0.05, 0) is 190 Å². The second-order valence-corrected chi connectivity index (χ2v) is 33.4. The molecule has 9 aromatic heterocycles. The molecule has 0 unspecified atom stereocenters. The third kappa shape index (κ3) is 11.1. The molecule has 0 fully saturated rings. The molecular weight excluding hydrogens is 1560 g/mol. The third-order valence-electron chi connectivity index (χ3n) is 25.5. The van der Waals surface area contributed by atoms with Gasteiger partial charge in [0.2, 0.25) is 5.95 Å². The van der Waals surface area contributed by atoms with Crippen LogP contribution in [0.5, 0.6) is 0 Å². The molecule has 126 heavy (non-hydrogen) atoms. The molecule has 10 nitrogen and oxygen atoms in total. The highest BCUT2D eigenvalue weighted by atomic mass is 32.1. The van der Waals surface area contributed by atoms with E-state index in [1.807, 2.05) is 121 Å². The lowest BCUT2D eigenvalue weighted by molar-refractivity contribution is 0.672. The lowest BCUT2D eigenvalue weighted by Crippen LogP contribution is -2.06. The maximum absolute atomic E-state index is 6.49. The first kappa shape index (κ1) is 71.0. The van der Waals surface area contributed by atoms with Crippen LogP contribution in [0, 0.1) is 0 Å². The number of hydrogen-bond acceptors (Lipinski definition) is 8. The molecule has 28 rings (SSSR count). The average Bonchev–Trinajstić information content (AvgIpc) is 1.50. The minimum absolute atomic E-state index is 0.569. The maximum atomic E-state index is 6.49. The first-order chi connectivity index (χ1) is 62.5. The molecule has 0 saturated heterocycles. The summed E-state index contributed by atoms with van der Waals surface area (Å²) in [5, 5.41) is 29.5. The van der Waals surface area contributed by atoms with E-state index in [0.29, 0.717) is 17.6 Å². The molecule has 28 aromatic rings. The molecule has 0 amide bonds. The Hall–Kier alpha value is -16.7. The highest BCUT2D eigenvalue weighted by molar-refractivity contribution is 7.26. The zero-order chi connectivity index (χ0) is 82.6. The predicted octanol–water partition coefficient (Wildman–Crippen LogP) is 31.1. The van der Waals surface area contributed by atoms with E-state index < -0.39 is 0 Å². The van der Waals surface area contributed by atoms with Crippen LogP contribution in [0.2, 0.25) is 0 Å². The van der Waals surface area contributed by atoms with Crippen molar-refractivity contribution in [2.45, 2.75) is 0 Å². The molecule has 0 aliphatic carbocycles. The fourth-order valence-corrected chi connectivity index (χ4v) is 21.2. The van der Waals surface area contributed by atoms with E-state index in [0.717, 1.165) is 121 Å². The molecule has 0 bridgehead atoms. The lowest BCUT2D eigenvalue weighted by atomic mass is 9.92. The van der Waals surface area contributed by atoms with Gasteiger partial charge in [-0.15, -0.1) is 11.3 Å². The molecule has 586 valence electrons. The van der Waals surface area contributed by atoms with Crippen LogP contribution in [-0.4, -0.2) is 38.6 Å². The van der Waals surface area contributed by atoms with E-state index in [2.05, 4.69) is 317 Å². The predicted molar refractivity (Wildman–Crippen MR) is 526 cm³/mol. The Morgan fingerprint density at radius 1 is 0.206 bits per heavy atom. The zero-order valence-corrected chi connectivity index (χ0v) is 68.4. The van der Waals surface area contributed by atoms with E-state index in [4.69, 9.17) is 33.8 Å². The van der Waals surface area contributed by atoms with Gasteiger partial charge in [0, 0.05) is 86.8 Å². The lowest BCUT2D eigenvalue weighted by Gasteiger charge is -2.13. The van der Waals surface area contributed by atoms with Crippen molar-refractivity contribution >= 4 is 205 Å². The van der Waals surface area contributed by atoms with Gasteiger partial charge < -0.3 is 8.83 Å². The van der Waals surface area contributed by atoms with Crippen LogP contribution in [-0.2, 0) is 0 Å². The van der Waals surface area contributed by atoms with E-state index >= 15 is 0 Å². The van der Waals surface area contributed by atoms with Crippen LogP contribution in [0.3, 0.4) is 0 Å². The van der Waals surface area contributed by atoms with Crippen molar-refractivity contribution in [2.24, 2.45) is 0 Å². The summed E-state index contributed by atoms with van der Waals surface area (Å²) in [4.78, 5) is 24.7. The van der Waals surface area contributed by atoms with Crippen molar-refractivity contribution in [3.05, 3.63) is 413 Å². The molecule has 11 heteroatoms. The Labute approximate surface area is 723 Å². The topological polar surface area (TPSA) is 106 Å². The number of aromatic nitrogens is 8. The van der Waals surface area contributed by atoms with Gasteiger partial charge in [-0.3, -0.25) is 13.7 Å². The van der Waals surface area contributed by atoms with Gasteiger partial charge >= 0.3 is 0 Å². The number of para-hydroxylation sites is 5. The zero-order valence-electron chi connectivity index (χ0n) is 67.6. The summed E-state index contributed by atoms with van der Waals surface area (Å²) in [5.41, 5.74) is 16.7. The summed E-state index contributed by atoms with van der Waals surface area (Å²) < 4.78 is 22.3. The van der Waals surface area contributed by atoms with Crippen LogP contribution in [0.15, 0.2) is 422 Å². The van der Waals surface area contributed by atoms with E-state index in [-0.39, 0.29) is 0 Å². The Morgan fingerprint density at radius 3 is 0.984 bits per heavy atom. The van der Waals surface area contributed by atoms with E-state index in [1.165, 1.54) is 118 Å². The molecule has 0 aliphatic heterocycles. The van der Waals surface area contributed by atoms with Crippen LogP contribution in [0.4, 0.5) is 0 Å². The molecule has 0 saturated carbocycles. The summed E-state index contributed by atoms with van der Waals surface area (Å²) in [6.45, 7) is 0. The number of thiophene rings is 1. The molecule has 0 radical (unpaired) electrons. The van der Waals surface area contributed by atoms with Crippen molar-refractivity contribution in [2.75, 3.05) is 0 Å². The van der Waals surface area contributed by atoms with Crippen molar-refractivity contribution in [3.63, 3.8) is 0 Å². The van der Waals surface area contributed by atoms with Gasteiger partial charge in [0.15, 0.2) is 11.6 Å². The van der Waals surface area contributed by atoms with Crippen molar-refractivity contribution < 1.29 is 8.83 Å². The van der Waals surface area contributed by atoms with Crippen molar-refractivity contribution in [1.29, 1.82) is 0 Å². The monoisotopic (exact) mass is 1620 g/mol. The number of pyridine rings is 2. The maximum Gasteiger partial charge on any atom is 0.238 e. The third-order valence-corrected chi connectivity index (χ3v) is 26.7. The molecule has 0 spiro atoms. The number of hydrogen-bond donors (Lipinski definition) is 0. The number of nitrogens with zero attached hydrogens (tertiary/aromatic N) is 8. The molecule has 19 aromatic carbocycles. The molecule has 0 aliphatic rings. The number of benzene rings is 19. The van der Waals surface area contributed by atoms with Crippen molar-refractivity contribution in [3.8, 4) is 62.6 Å². The molecule has 0 N–H and O–H groups in total. The van der Waals surface area contributed by atoms with Gasteiger partial charge in [0.1, 0.15) is 34.0 Å². The smallest absolute Gasteiger partial charge is 0.238 e. The Kier molecular flexibility index (Phi) is 16.0. The average molecular weight is 1630 g/mol. The minimum Gasteiger partial charge on any atom is -0.455 e. The summed E-state index contributed by atoms with van der Waals surface area (Å²) in [5.74, 6) is 3.64. The first-order valence-electron chi connectivity index (χ1n) is 42.5. The van der Waals surface area contributed by atoms with Crippen LogP contribution < -0.4 is 0 Å². The largest absolute Gasteiger partial charge is 0.455 e. The van der Waals surface area contributed by atoms with Gasteiger partial charge in [-0.1, -0.05) is 297 Å². The Bertz CT molecular complexity index is 8890. The number of rotatable bonds is 7. The molecule has 9 heterocycles. The highest BCUT2D eigenvalue weighted by Crippen LogP contribution is 2.48. The fraction of sp³-hybridized carbons (Fsp3) is 0. The second kappa shape index (κ2) is 28.4. The second-order valence-electron chi connectivity index (χ2n) is 32.4. The Balaban J connectivity index is 0.000000101. The van der Waals surface area contributed by atoms with Gasteiger partial charge in [-0.25, -0.2) is 15.0 Å². The first-order valence-corrected chi connectivity index (χ1v) is 43.3. The van der Waals surface area contributed by atoms with Crippen LogP contribution >= 0.6 is 11.3 Å². The van der Waals surface area contributed by atoms with E-state index in [9.17, 15) is 0 Å². The van der Waals surface area contributed by atoms with Crippen LogP contribution in [0.1, 0.15) is 0 Å². The quantitative estimate of drug-likeness (QED) is 0.146. The highest BCUT2D eigenvalue weighted by Gasteiger charge is 2.26.